The summed E-state index contributed by atoms with van der Waals surface area (Å²) >= 11 is 0. The molecule has 0 aliphatic carbocycles. The van der Waals surface area contributed by atoms with E-state index >= 15 is 0 Å². The molecule has 2 aromatic heterocycles. The summed E-state index contributed by atoms with van der Waals surface area (Å²) in [5, 5.41) is 13.5. The first-order chi connectivity index (χ1) is 14.5. The van der Waals surface area contributed by atoms with Gasteiger partial charge in [0.15, 0.2) is 5.65 Å². The highest BCUT2D eigenvalue weighted by Gasteiger charge is 2.24. The summed E-state index contributed by atoms with van der Waals surface area (Å²) in [4.78, 5) is 16.9. The molecule has 3 aromatic rings. The minimum atomic E-state index is 0.203. The average molecular weight is 411 g/mol. The third-order valence-electron chi connectivity index (χ3n) is 5.39. The zero-order valence-corrected chi connectivity index (χ0v) is 18.1. The van der Waals surface area contributed by atoms with Gasteiger partial charge in [0.2, 0.25) is 11.9 Å². The van der Waals surface area contributed by atoms with Crippen LogP contribution in [0.15, 0.2) is 24.3 Å². The molecule has 0 bridgehead atoms. The van der Waals surface area contributed by atoms with Crippen LogP contribution in [0.4, 0.5) is 11.9 Å². The van der Waals surface area contributed by atoms with Crippen LogP contribution in [-0.4, -0.2) is 57.0 Å². The van der Waals surface area contributed by atoms with Gasteiger partial charge < -0.3 is 20.1 Å². The number of fused-ring (bicyclic) bond motifs is 1. The predicted octanol–water partition coefficient (Wildman–Crippen LogP) is 3.83. The summed E-state index contributed by atoms with van der Waals surface area (Å²) in [7, 11) is 0. The van der Waals surface area contributed by atoms with Crippen LogP contribution in [0.5, 0.6) is 5.75 Å². The average Bonchev–Trinajstić information content (AvgIpc) is 3.10. The van der Waals surface area contributed by atoms with Crippen LogP contribution in [0.3, 0.4) is 0 Å². The maximum absolute atomic E-state index is 10.1. The zero-order chi connectivity index (χ0) is 21.3. The first-order valence-corrected chi connectivity index (χ1v) is 10.7. The van der Waals surface area contributed by atoms with Gasteiger partial charge in [0.05, 0.1) is 13.2 Å². The number of aromatic hydroxyl groups is 1. The van der Waals surface area contributed by atoms with E-state index in [1.807, 2.05) is 12.1 Å². The number of imidazole rings is 1. The molecular weight excluding hydrogens is 380 g/mol. The van der Waals surface area contributed by atoms with Gasteiger partial charge in [0.25, 0.3) is 0 Å². The summed E-state index contributed by atoms with van der Waals surface area (Å²) in [6, 6.07) is 7.62. The number of rotatable bonds is 6. The summed E-state index contributed by atoms with van der Waals surface area (Å²) in [6.07, 6.45) is 0.955. The van der Waals surface area contributed by atoms with E-state index in [1.54, 1.807) is 12.1 Å². The smallest absolute Gasteiger partial charge is 0.228 e. The van der Waals surface area contributed by atoms with Gasteiger partial charge in [-0.1, -0.05) is 19.1 Å². The highest BCUT2D eigenvalue weighted by Crippen LogP contribution is 2.34. The van der Waals surface area contributed by atoms with Gasteiger partial charge in [-0.2, -0.15) is 4.98 Å². The van der Waals surface area contributed by atoms with Crippen molar-refractivity contribution in [1.29, 1.82) is 0 Å². The van der Waals surface area contributed by atoms with Gasteiger partial charge in [-0.05, 0) is 39.3 Å². The Morgan fingerprint density at radius 2 is 1.90 bits per heavy atom. The molecule has 1 aromatic carbocycles. The van der Waals surface area contributed by atoms with Gasteiger partial charge in [0, 0.05) is 30.7 Å². The van der Waals surface area contributed by atoms with Crippen molar-refractivity contribution < 1.29 is 9.84 Å². The van der Waals surface area contributed by atoms with E-state index in [9.17, 15) is 5.11 Å². The second kappa shape index (κ2) is 8.47. The Balaban J connectivity index is 1.98. The van der Waals surface area contributed by atoms with Gasteiger partial charge >= 0.3 is 0 Å². The van der Waals surface area contributed by atoms with Crippen LogP contribution in [0.25, 0.3) is 22.4 Å². The number of anilines is 2. The largest absolute Gasteiger partial charge is 0.508 e. The van der Waals surface area contributed by atoms with Gasteiger partial charge in [0.1, 0.15) is 17.0 Å². The first-order valence-electron chi connectivity index (χ1n) is 10.7. The van der Waals surface area contributed by atoms with Crippen LogP contribution in [-0.2, 0) is 4.74 Å². The Morgan fingerprint density at radius 1 is 1.13 bits per heavy atom. The van der Waals surface area contributed by atoms with Crippen molar-refractivity contribution in [2.45, 2.75) is 46.2 Å². The van der Waals surface area contributed by atoms with Crippen molar-refractivity contribution in [3.63, 3.8) is 0 Å². The number of aromatic nitrogens is 4. The summed E-state index contributed by atoms with van der Waals surface area (Å²) in [5.74, 6) is 1.67. The molecule has 4 rings (SSSR count). The summed E-state index contributed by atoms with van der Waals surface area (Å²) in [6.45, 7) is 11.4. The number of nitrogens with one attached hydrogen (secondary N) is 1. The molecule has 1 aliphatic heterocycles. The van der Waals surface area contributed by atoms with Crippen LogP contribution in [0.1, 0.15) is 40.2 Å². The molecule has 1 fully saturated rings. The molecular formula is C22H30N6O2. The van der Waals surface area contributed by atoms with Crippen LogP contribution >= 0.6 is 0 Å². The van der Waals surface area contributed by atoms with Gasteiger partial charge in [-0.15, -0.1) is 0 Å². The maximum atomic E-state index is 10.1. The van der Waals surface area contributed by atoms with Crippen molar-refractivity contribution >= 4 is 23.1 Å². The fourth-order valence-corrected chi connectivity index (χ4v) is 3.68. The van der Waals surface area contributed by atoms with Crippen molar-refractivity contribution in [1.82, 2.24) is 19.5 Å². The van der Waals surface area contributed by atoms with Crippen molar-refractivity contribution in [2.75, 3.05) is 36.5 Å². The van der Waals surface area contributed by atoms with E-state index in [0.717, 1.165) is 47.9 Å². The summed E-state index contributed by atoms with van der Waals surface area (Å²) < 4.78 is 7.68. The Morgan fingerprint density at radius 3 is 2.57 bits per heavy atom. The SMILES string of the molecule is CCC(C)n1c(NC(C)C)nc2c(-c3cccc(O)c3)nc(N3CCOCC3)nc21. The second-order valence-corrected chi connectivity index (χ2v) is 8.06. The third kappa shape index (κ3) is 3.92. The zero-order valence-electron chi connectivity index (χ0n) is 18.1. The Labute approximate surface area is 176 Å². The molecule has 0 radical (unpaired) electrons. The molecule has 1 saturated heterocycles. The Hall–Kier alpha value is -2.87. The molecule has 30 heavy (non-hydrogen) atoms. The molecule has 160 valence electrons. The molecule has 0 spiro atoms. The van der Waals surface area contributed by atoms with Crippen molar-refractivity contribution in [2.24, 2.45) is 0 Å². The topological polar surface area (TPSA) is 88.3 Å². The molecule has 8 nitrogen and oxygen atoms in total. The lowest BCUT2D eigenvalue weighted by atomic mass is 10.1. The highest BCUT2D eigenvalue weighted by molar-refractivity contribution is 5.90. The minimum Gasteiger partial charge on any atom is -0.508 e. The second-order valence-electron chi connectivity index (χ2n) is 8.06. The predicted molar refractivity (Wildman–Crippen MR) is 119 cm³/mol. The van der Waals surface area contributed by atoms with E-state index in [0.29, 0.717) is 19.2 Å². The fourth-order valence-electron chi connectivity index (χ4n) is 3.68. The molecule has 3 heterocycles. The van der Waals surface area contributed by atoms with Crippen LogP contribution in [0.2, 0.25) is 0 Å². The quantitative estimate of drug-likeness (QED) is 0.638. The fraction of sp³-hybridized carbons (Fsp3) is 0.500. The number of phenolic OH excluding ortho intramolecular Hbond substituents is 1. The van der Waals surface area contributed by atoms with E-state index < -0.39 is 0 Å². The lowest BCUT2D eigenvalue weighted by Gasteiger charge is -2.27. The monoisotopic (exact) mass is 410 g/mol. The highest BCUT2D eigenvalue weighted by atomic mass is 16.5. The molecule has 1 unspecified atom stereocenters. The van der Waals surface area contributed by atoms with Crippen LogP contribution in [0, 0.1) is 0 Å². The van der Waals surface area contributed by atoms with E-state index in [2.05, 4.69) is 42.5 Å². The molecule has 0 saturated carbocycles. The van der Waals surface area contributed by atoms with Crippen molar-refractivity contribution in [3.05, 3.63) is 24.3 Å². The van der Waals surface area contributed by atoms with E-state index in [1.165, 1.54) is 0 Å². The number of phenols is 1. The standard InChI is InChI=1S/C22H30N6O2/c1-5-15(4)28-20-19(25-22(28)23-14(2)3)18(16-7-6-8-17(29)13-16)24-21(26-20)27-9-11-30-12-10-27/h6-8,13-15,29H,5,9-12H2,1-4H3,(H,23,25). The minimum absolute atomic E-state index is 0.203. The number of ether oxygens (including phenoxy) is 1. The lowest BCUT2D eigenvalue weighted by Crippen LogP contribution is -2.37. The maximum Gasteiger partial charge on any atom is 0.228 e. The number of benzene rings is 1. The van der Waals surface area contributed by atoms with E-state index in [4.69, 9.17) is 19.7 Å². The van der Waals surface area contributed by atoms with Gasteiger partial charge in [-0.25, -0.2) is 9.97 Å². The lowest BCUT2D eigenvalue weighted by molar-refractivity contribution is 0.122. The number of morpholine rings is 1. The Bertz CT molecular complexity index is 1030. The number of hydrogen-bond donors (Lipinski definition) is 2. The van der Waals surface area contributed by atoms with Gasteiger partial charge in [-0.3, -0.25) is 4.57 Å². The molecule has 1 atom stereocenters. The Kier molecular flexibility index (Phi) is 5.76. The third-order valence-corrected chi connectivity index (χ3v) is 5.39. The normalized spacial score (nSPS) is 15.7. The van der Waals surface area contributed by atoms with Crippen LogP contribution < -0.4 is 10.2 Å². The number of hydrogen-bond acceptors (Lipinski definition) is 7. The van der Waals surface area contributed by atoms with Crippen molar-refractivity contribution in [3.8, 4) is 17.0 Å². The van der Waals surface area contributed by atoms with E-state index in [-0.39, 0.29) is 17.8 Å². The molecule has 8 heteroatoms. The summed E-state index contributed by atoms with van der Waals surface area (Å²) in [5.41, 5.74) is 3.09. The number of nitrogens with zero attached hydrogens (tertiary/aromatic N) is 5. The molecule has 0 amide bonds. The first kappa shape index (κ1) is 20.4. The molecule has 2 N–H and O–H groups in total. The molecule has 1 aliphatic rings.